The minimum absolute atomic E-state index is 0.0893. The van der Waals surface area contributed by atoms with Crippen LogP contribution in [0.2, 0.25) is 0 Å². The van der Waals surface area contributed by atoms with Gasteiger partial charge in [0, 0.05) is 11.0 Å². The van der Waals surface area contributed by atoms with Crippen molar-refractivity contribution >= 4 is 5.78 Å². The molecule has 0 saturated heterocycles. The van der Waals surface area contributed by atoms with E-state index in [1.807, 2.05) is 39.0 Å². The van der Waals surface area contributed by atoms with E-state index in [-0.39, 0.29) is 22.5 Å². The van der Waals surface area contributed by atoms with E-state index in [0.717, 1.165) is 28.0 Å². The van der Waals surface area contributed by atoms with E-state index in [9.17, 15) is 9.90 Å². The molecule has 1 heterocycles. The van der Waals surface area contributed by atoms with E-state index in [0.29, 0.717) is 5.75 Å². The molecule has 3 heteroatoms. The van der Waals surface area contributed by atoms with Crippen LogP contribution in [0.25, 0.3) is 0 Å². The maximum atomic E-state index is 13.4. The van der Waals surface area contributed by atoms with Crippen LogP contribution >= 0.6 is 0 Å². The van der Waals surface area contributed by atoms with E-state index in [1.165, 1.54) is 0 Å². The van der Waals surface area contributed by atoms with Crippen molar-refractivity contribution in [1.82, 2.24) is 0 Å². The third-order valence-electron chi connectivity index (χ3n) is 5.92. The summed E-state index contributed by atoms with van der Waals surface area (Å²) in [6, 6.07) is 12.1. The zero-order chi connectivity index (χ0) is 22.6. The number of benzene rings is 2. The lowest BCUT2D eigenvalue weighted by molar-refractivity contribution is -0.133. The molecule has 1 aliphatic heterocycles. The molecule has 0 saturated carbocycles. The molecule has 0 aromatic heterocycles. The molecule has 0 bridgehead atoms. The van der Waals surface area contributed by atoms with Gasteiger partial charge < -0.3 is 9.84 Å². The van der Waals surface area contributed by atoms with E-state index >= 15 is 0 Å². The number of phenolic OH excluding ortho intramolecular Hbond substituents is 1. The van der Waals surface area contributed by atoms with Gasteiger partial charge in [0.15, 0.2) is 11.9 Å². The first-order valence-corrected chi connectivity index (χ1v) is 10.8. The molecule has 0 spiro atoms. The van der Waals surface area contributed by atoms with Crippen LogP contribution in [-0.2, 0) is 15.6 Å². The molecule has 0 fully saturated rings. The Morgan fingerprint density at radius 3 is 1.83 bits per heavy atom. The van der Waals surface area contributed by atoms with Gasteiger partial charge in [-0.3, -0.25) is 4.79 Å². The van der Waals surface area contributed by atoms with Crippen molar-refractivity contribution in [2.24, 2.45) is 5.41 Å². The second-order valence-electron chi connectivity index (χ2n) is 11.6. The van der Waals surface area contributed by atoms with Crippen LogP contribution in [-0.4, -0.2) is 17.0 Å². The normalized spacial score (nSPS) is 19.4. The zero-order valence-corrected chi connectivity index (χ0v) is 19.9. The highest BCUT2D eigenvalue weighted by Crippen LogP contribution is 2.48. The van der Waals surface area contributed by atoms with Crippen molar-refractivity contribution in [1.29, 1.82) is 0 Å². The summed E-state index contributed by atoms with van der Waals surface area (Å²) in [4.78, 5) is 13.4. The Morgan fingerprint density at radius 2 is 1.37 bits per heavy atom. The van der Waals surface area contributed by atoms with Crippen LogP contribution in [0.3, 0.4) is 0 Å². The van der Waals surface area contributed by atoms with Gasteiger partial charge in [0.05, 0.1) is 5.92 Å². The Balaban J connectivity index is 2.29. The summed E-state index contributed by atoms with van der Waals surface area (Å²) in [7, 11) is 0. The largest absolute Gasteiger partial charge is 0.507 e. The Bertz CT molecular complexity index is 930. The van der Waals surface area contributed by atoms with Gasteiger partial charge in [-0.05, 0) is 33.6 Å². The Hall–Kier alpha value is -2.29. The Labute approximate surface area is 181 Å². The van der Waals surface area contributed by atoms with Gasteiger partial charge in [-0.1, -0.05) is 92.6 Å². The summed E-state index contributed by atoms with van der Waals surface area (Å²) in [5.74, 6) is 1.01. The van der Waals surface area contributed by atoms with Gasteiger partial charge in [-0.15, -0.1) is 0 Å². The minimum Gasteiger partial charge on any atom is -0.507 e. The number of ether oxygens (including phenoxy) is 1. The summed E-state index contributed by atoms with van der Waals surface area (Å²) >= 11 is 0. The smallest absolute Gasteiger partial charge is 0.179 e. The number of hydrogen-bond donors (Lipinski definition) is 1. The molecule has 1 aliphatic rings. The number of aromatic hydroxyl groups is 1. The van der Waals surface area contributed by atoms with Crippen LogP contribution in [0.1, 0.15) is 90.5 Å². The van der Waals surface area contributed by atoms with Gasteiger partial charge in [0.2, 0.25) is 0 Å². The van der Waals surface area contributed by atoms with Gasteiger partial charge >= 0.3 is 0 Å². The molecule has 0 aliphatic carbocycles. The molecule has 162 valence electrons. The molecule has 0 amide bonds. The number of phenols is 1. The molecule has 1 N–H and O–H groups in total. The predicted molar refractivity (Wildman–Crippen MR) is 123 cm³/mol. The fourth-order valence-electron chi connectivity index (χ4n) is 4.18. The number of ketones is 1. The molecule has 2 aromatic carbocycles. The average molecular weight is 409 g/mol. The molecule has 2 aromatic rings. The fourth-order valence-corrected chi connectivity index (χ4v) is 4.18. The second-order valence-corrected chi connectivity index (χ2v) is 11.6. The topological polar surface area (TPSA) is 46.5 Å². The number of para-hydroxylation sites is 1. The first-order chi connectivity index (χ1) is 13.6. The van der Waals surface area contributed by atoms with E-state index in [4.69, 9.17) is 4.74 Å². The maximum absolute atomic E-state index is 13.4. The fraction of sp³-hybridized carbons (Fsp3) is 0.519. The lowest BCUT2D eigenvalue weighted by Gasteiger charge is -2.31. The molecule has 30 heavy (non-hydrogen) atoms. The summed E-state index contributed by atoms with van der Waals surface area (Å²) < 4.78 is 6.23. The van der Waals surface area contributed by atoms with Crippen molar-refractivity contribution in [2.45, 2.75) is 85.2 Å². The van der Waals surface area contributed by atoms with Crippen LogP contribution in [0.15, 0.2) is 36.4 Å². The van der Waals surface area contributed by atoms with Crippen LogP contribution in [0.4, 0.5) is 0 Å². The Kier molecular flexibility index (Phi) is 5.33. The number of Topliss-reactive ketones (excluding diaryl/α,β-unsaturated/α-hetero) is 1. The first kappa shape index (κ1) is 22.4. The Morgan fingerprint density at radius 1 is 0.867 bits per heavy atom. The highest BCUT2D eigenvalue weighted by Gasteiger charge is 2.44. The van der Waals surface area contributed by atoms with E-state index in [1.54, 1.807) is 0 Å². The molecular formula is C27H36O3. The lowest BCUT2D eigenvalue weighted by Crippen LogP contribution is -2.38. The third kappa shape index (κ3) is 3.99. The SMILES string of the molecule is CC(C)(C)C(=O)[C@H]1Oc2ccccc2[C@@H]1c1cc(C(C)(C)C)c(O)c(C(C)(C)C)c1. The van der Waals surface area contributed by atoms with Crippen molar-refractivity contribution in [3.05, 3.63) is 58.7 Å². The van der Waals surface area contributed by atoms with Crippen LogP contribution in [0, 0.1) is 5.41 Å². The number of carbonyl (C=O) groups is 1. The molecule has 3 rings (SSSR count). The zero-order valence-electron chi connectivity index (χ0n) is 19.9. The van der Waals surface area contributed by atoms with Crippen molar-refractivity contribution in [3.63, 3.8) is 0 Å². The predicted octanol–water partition coefficient (Wildman–Crippen LogP) is 6.50. The quantitative estimate of drug-likeness (QED) is 0.617. The third-order valence-corrected chi connectivity index (χ3v) is 5.92. The van der Waals surface area contributed by atoms with E-state index in [2.05, 4.69) is 59.7 Å². The summed E-state index contributed by atoms with van der Waals surface area (Å²) in [5.41, 5.74) is 2.88. The number of hydrogen-bond acceptors (Lipinski definition) is 3. The summed E-state index contributed by atoms with van der Waals surface area (Å²) in [5, 5.41) is 11.1. The highest BCUT2D eigenvalue weighted by molar-refractivity contribution is 5.90. The highest BCUT2D eigenvalue weighted by atomic mass is 16.5. The second kappa shape index (κ2) is 7.14. The number of carbonyl (C=O) groups excluding carboxylic acids is 1. The molecule has 0 radical (unpaired) electrons. The van der Waals surface area contributed by atoms with Gasteiger partial charge in [-0.25, -0.2) is 0 Å². The van der Waals surface area contributed by atoms with Gasteiger partial charge in [0.1, 0.15) is 11.5 Å². The van der Waals surface area contributed by atoms with Crippen molar-refractivity contribution < 1.29 is 14.6 Å². The maximum Gasteiger partial charge on any atom is 0.179 e. The molecule has 3 nitrogen and oxygen atoms in total. The van der Waals surface area contributed by atoms with E-state index < -0.39 is 11.5 Å². The number of rotatable bonds is 2. The van der Waals surface area contributed by atoms with Crippen LogP contribution in [0.5, 0.6) is 11.5 Å². The van der Waals surface area contributed by atoms with Crippen LogP contribution < -0.4 is 4.74 Å². The van der Waals surface area contributed by atoms with Crippen molar-refractivity contribution in [3.8, 4) is 11.5 Å². The van der Waals surface area contributed by atoms with Gasteiger partial charge in [0.25, 0.3) is 0 Å². The molecular weight excluding hydrogens is 372 g/mol. The molecule has 0 unspecified atom stereocenters. The monoisotopic (exact) mass is 408 g/mol. The lowest BCUT2D eigenvalue weighted by atomic mass is 9.74. The van der Waals surface area contributed by atoms with Crippen molar-refractivity contribution in [2.75, 3.05) is 0 Å². The average Bonchev–Trinajstić information content (AvgIpc) is 2.97. The first-order valence-electron chi connectivity index (χ1n) is 10.8. The molecule has 2 atom stereocenters. The summed E-state index contributed by atoms with van der Waals surface area (Å²) in [6.07, 6.45) is -0.576. The minimum atomic E-state index is -0.576. The number of fused-ring (bicyclic) bond motifs is 1. The van der Waals surface area contributed by atoms with Gasteiger partial charge in [-0.2, -0.15) is 0 Å². The standard InChI is InChI=1S/C27H36O3/c1-25(2,3)18-14-16(15-19(22(18)28)26(4,5)6)21-17-12-10-11-13-20(17)30-23(21)24(29)27(7,8)9/h10-15,21,23,28H,1-9H3/t21-,23-/m0/s1. The summed E-state index contributed by atoms with van der Waals surface area (Å²) in [6.45, 7) is 18.5.